The molecule has 0 spiro atoms. The fraction of sp³-hybridized carbons (Fsp3) is 0.562. The summed E-state index contributed by atoms with van der Waals surface area (Å²) in [6.07, 6.45) is 4.22. The van der Waals surface area contributed by atoms with Gasteiger partial charge in [0.1, 0.15) is 5.75 Å². The average molecular weight is 261 g/mol. The van der Waals surface area contributed by atoms with E-state index in [1.54, 1.807) is 0 Å². The summed E-state index contributed by atoms with van der Waals surface area (Å²) < 4.78 is 5.69. The van der Waals surface area contributed by atoms with Gasteiger partial charge in [0.05, 0.1) is 6.10 Å². The second-order valence-electron chi connectivity index (χ2n) is 5.36. The zero-order chi connectivity index (χ0) is 13.9. The molecule has 1 saturated carbocycles. The Morgan fingerprint density at radius 3 is 2.26 bits per heavy atom. The van der Waals surface area contributed by atoms with Crippen LogP contribution in [0.4, 0.5) is 0 Å². The molecule has 0 radical (unpaired) electrons. The highest BCUT2D eigenvalue weighted by atomic mass is 16.5. The topological polar surface area (TPSA) is 52.3 Å². The lowest BCUT2D eigenvalue weighted by Crippen LogP contribution is -2.37. The number of nitrogens with two attached hydrogens (primary N) is 1. The molecule has 0 saturated heterocycles. The number of hydrogen-bond donors (Lipinski definition) is 1. The van der Waals surface area contributed by atoms with Gasteiger partial charge >= 0.3 is 0 Å². The molecule has 104 valence electrons. The van der Waals surface area contributed by atoms with Crippen LogP contribution in [0.5, 0.6) is 5.75 Å². The van der Waals surface area contributed by atoms with Gasteiger partial charge in [-0.1, -0.05) is 13.8 Å². The van der Waals surface area contributed by atoms with E-state index in [4.69, 9.17) is 10.5 Å². The van der Waals surface area contributed by atoms with E-state index in [0.29, 0.717) is 12.6 Å². The molecule has 0 bridgehead atoms. The lowest BCUT2D eigenvalue weighted by Gasteiger charge is -2.28. The van der Waals surface area contributed by atoms with Gasteiger partial charge in [-0.2, -0.15) is 0 Å². The number of carbonyl (C=O) groups excluding carboxylic acids is 1. The third-order valence-corrected chi connectivity index (χ3v) is 4.17. The van der Waals surface area contributed by atoms with Crippen molar-refractivity contribution >= 4 is 5.78 Å². The third-order valence-electron chi connectivity index (χ3n) is 4.17. The van der Waals surface area contributed by atoms with Crippen molar-refractivity contribution in [1.82, 2.24) is 0 Å². The molecule has 1 fully saturated rings. The van der Waals surface area contributed by atoms with Gasteiger partial charge in [-0.15, -0.1) is 0 Å². The molecule has 1 aromatic carbocycles. The summed E-state index contributed by atoms with van der Waals surface area (Å²) in [7, 11) is 0. The van der Waals surface area contributed by atoms with Gasteiger partial charge in [0.25, 0.3) is 0 Å². The maximum atomic E-state index is 12.6. The van der Waals surface area contributed by atoms with Crippen molar-refractivity contribution in [2.75, 3.05) is 6.54 Å². The Morgan fingerprint density at radius 2 is 1.84 bits per heavy atom. The molecule has 1 aliphatic rings. The van der Waals surface area contributed by atoms with Crippen LogP contribution in [0.2, 0.25) is 0 Å². The Morgan fingerprint density at radius 1 is 1.26 bits per heavy atom. The normalized spacial score (nSPS) is 15.3. The Hall–Kier alpha value is -1.35. The zero-order valence-corrected chi connectivity index (χ0v) is 11.8. The molecule has 2 rings (SSSR count). The molecule has 0 unspecified atom stereocenters. The van der Waals surface area contributed by atoms with Crippen LogP contribution in [-0.2, 0) is 0 Å². The fourth-order valence-corrected chi connectivity index (χ4v) is 2.32. The van der Waals surface area contributed by atoms with E-state index in [9.17, 15) is 4.79 Å². The van der Waals surface area contributed by atoms with Crippen LogP contribution in [0, 0.1) is 5.41 Å². The summed E-state index contributed by atoms with van der Waals surface area (Å²) in [5.41, 5.74) is 6.14. The number of hydrogen-bond acceptors (Lipinski definition) is 3. The van der Waals surface area contributed by atoms with Gasteiger partial charge in [-0.3, -0.25) is 4.79 Å². The molecule has 1 aromatic rings. The average Bonchev–Trinajstić information content (AvgIpc) is 3.26. The van der Waals surface area contributed by atoms with E-state index in [2.05, 4.69) is 0 Å². The minimum Gasteiger partial charge on any atom is -0.490 e. The van der Waals surface area contributed by atoms with Gasteiger partial charge in [-0.05, 0) is 49.9 Å². The minimum absolute atomic E-state index is 0.151. The second kappa shape index (κ2) is 5.74. The molecule has 0 aliphatic heterocycles. The second-order valence-corrected chi connectivity index (χ2v) is 5.36. The highest BCUT2D eigenvalue weighted by molar-refractivity contribution is 6.00. The zero-order valence-electron chi connectivity index (χ0n) is 11.8. The molecular formula is C16H23NO2. The van der Waals surface area contributed by atoms with Gasteiger partial charge in [0.2, 0.25) is 0 Å². The van der Waals surface area contributed by atoms with E-state index in [1.807, 2.05) is 38.1 Å². The maximum absolute atomic E-state index is 12.6. The van der Waals surface area contributed by atoms with Gasteiger partial charge in [-0.25, -0.2) is 0 Å². The predicted molar refractivity (Wildman–Crippen MR) is 76.5 cm³/mol. The van der Waals surface area contributed by atoms with Crippen molar-refractivity contribution in [1.29, 1.82) is 0 Å². The lowest BCUT2D eigenvalue weighted by molar-refractivity contribution is 0.0787. The van der Waals surface area contributed by atoms with Crippen molar-refractivity contribution in [3.05, 3.63) is 29.8 Å². The molecule has 2 N–H and O–H groups in total. The van der Waals surface area contributed by atoms with Crippen LogP contribution in [-0.4, -0.2) is 18.4 Å². The van der Waals surface area contributed by atoms with Crippen molar-refractivity contribution < 1.29 is 9.53 Å². The molecule has 3 nitrogen and oxygen atoms in total. The van der Waals surface area contributed by atoms with Crippen molar-refractivity contribution in [2.45, 2.75) is 45.6 Å². The number of benzene rings is 1. The highest BCUT2D eigenvalue weighted by Gasteiger charge is 2.34. The number of Topliss-reactive ketones (excluding diaryl/α,β-unsaturated/α-hetero) is 1. The Bertz CT molecular complexity index is 422. The first kappa shape index (κ1) is 14.1. The molecule has 0 amide bonds. The molecule has 1 aliphatic carbocycles. The first-order valence-corrected chi connectivity index (χ1v) is 7.16. The van der Waals surface area contributed by atoms with Gasteiger partial charge < -0.3 is 10.5 Å². The van der Waals surface area contributed by atoms with E-state index in [-0.39, 0.29) is 5.78 Å². The summed E-state index contributed by atoms with van der Waals surface area (Å²) in [5.74, 6) is 1.00. The fourth-order valence-electron chi connectivity index (χ4n) is 2.32. The first-order valence-electron chi connectivity index (χ1n) is 7.16. The van der Waals surface area contributed by atoms with E-state index in [1.165, 1.54) is 0 Å². The number of ether oxygens (including phenoxy) is 1. The van der Waals surface area contributed by atoms with Crippen LogP contribution >= 0.6 is 0 Å². The van der Waals surface area contributed by atoms with E-state index in [0.717, 1.165) is 37.0 Å². The van der Waals surface area contributed by atoms with Crippen LogP contribution < -0.4 is 10.5 Å². The largest absolute Gasteiger partial charge is 0.490 e. The van der Waals surface area contributed by atoms with Gasteiger partial charge in [0, 0.05) is 17.5 Å². The summed E-state index contributed by atoms with van der Waals surface area (Å²) in [5, 5.41) is 0. The highest BCUT2D eigenvalue weighted by Crippen LogP contribution is 2.31. The van der Waals surface area contributed by atoms with E-state index < -0.39 is 5.41 Å². The lowest BCUT2D eigenvalue weighted by atomic mass is 9.76. The van der Waals surface area contributed by atoms with Crippen molar-refractivity contribution in [3.8, 4) is 5.75 Å². The predicted octanol–water partition coefficient (Wildman–Crippen LogP) is 3.18. The van der Waals surface area contributed by atoms with Crippen LogP contribution in [0.15, 0.2) is 24.3 Å². The number of rotatable bonds is 7. The van der Waals surface area contributed by atoms with Crippen LogP contribution in [0.25, 0.3) is 0 Å². The SMILES string of the molecule is CCC(CC)(CN)C(=O)c1ccc(OC2CC2)cc1. The first-order chi connectivity index (χ1) is 9.15. The third kappa shape index (κ3) is 2.98. The standard InChI is InChI=1S/C16H23NO2/c1-3-16(4-2,11-17)15(18)12-5-7-13(8-6-12)19-14-9-10-14/h5-8,14H,3-4,9-11,17H2,1-2H3. The molecule has 0 aromatic heterocycles. The smallest absolute Gasteiger partial charge is 0.170 e. The number of ketones is 1. The van der Waals surface area contributed by atoms with Crippen LogP contribution in [0.3, 0.4) is 0 Å². The summed E-state index contributed by atoms with van der Waals surface area (Å²) in [6, 6.07) is 7.49. The summed E-state index contributed by atoms with van der Waals surface area (Å²) >= 11 is 0. The molecule has 3 heteroatoms. The Kier molecular flexibility index (Phi) is 4.25. The minimum atomic E-state index is -0.418. The Labute approximate surface area is 115 Å². The van der Waals surface area contributed by atoms with Gasteiger partial charge in [0.15, 0.2) is 5.78 Å². The number of carbonyl (C=O) groups is 1. The Balaban J connectivity index is 2.13. The molecule has 19 heavy (non-hydrogen) atoms. The molecular weight excluding hydrogens is 238 g/mol. The van der Waals surface area contributed by atoms with Crippen LogP contribution in [0.1, 0.15) is 49.9 Å². The molecule has 0 atom stereocenters. The summed E-state index contributed by atoms with van der Waals surface area (Å²) in [6.45, 7) is 4.46. The summed E-state index contributed by atoms with van der Waals surface area (Å²) in [4.78, 5) is 12.6. The van der Waals surface area contributed by atoms with E-state index >= 15 is 0 Å². The quantitative estimate of drug-likeness (QED) is 0.767. The van der Waals surface area contributed by atoms with Crippen molar-refractivity contribution in [3.63, 3.8) is 0 Å². The molecule has 0 heterocycles. The monoisotopic (exact) mass is 261 g/mol. The maximum Gasteiger partial charge on any atom is 0.170 e. The van der Waals surface area contributed by atoms with Crippen molar-refractivity contribution in [2.24, 2.45) is 11.1 Å².